The molecule has 8 nitrogen and oxygen atoms in total. The van der Waals surface area contributed by atoms with Gasteiger partial charge in [-0.25, -0.2) is 24.3 Å². The molecule has 0 atom stereocenters. The molecule has 9 heteroatoms. The van der Waals surface area contributed by atoms with E-state index in [1.807, 2.05) is 18.2 Å². The van der Waals surface area contributed by atoms with E-state index in [9.17, 15) is 4.79 Å². The van der Waals surface area contributed by atoms with E-state index in [1.54, 1.807) is 27.6 Å². The predicted octanol–water partition coefficient (Wildman–Crippen LogP) is 3.13. The minimum atomic E-state index is -0.265. The van der Waals surface area contributed by atoms with Gasteiger partial charge in [0.05, 0.1) is 33.3 Å². The standard InChI is InChI=1S/C24H23N7OS/c1-29-8-10-30(11-9-29)14-16-2-4-17(5-3-16)20-13-25-22-23(27-20)31(24(32)28-22)18-6-7-21-19(12-18)26-15-33-21/h2-7,12-13,15H,8-11,14H2,1H3,(H,25,28,32). The van der Waals surface area contributed by atoms with Gasteiger partial charge in [0.2, 0.25) is 0 Å². The number of imidazole rings is 1. The Balaban J connectivity index is 1.32. The molecular weight excluding hydrogens is 434 g/mol. The smallest absolute Gasteiger partial charge is 0.304 e. The minimum Gasteiger partial charge on any atom is -0.304 e. The van der Waals surface area contributed by atoms with E-state index in [2.05, 4.69) is 56.1 Å². The zero-order valence-electron chi connectivity index (χ0n) is 18.2. The number of fused-ring (bicyclic) bond motifs is 2. The summed E-state index contributed by atoms with van der Waals surface area (Å²) in [7, 11) is 2.17. The molecule has 6 rings (SSSR count). The number of aromatic amines is 1. The Hall–Kier alpha value is -3.40. The molecule has 1 saturated heterocycles. The second-order valence-electron chi connectivity index (χ2n) is 8.47. The van der Waals surface area contributed by atoms with Gasteiger partial charge in [0, 0.05) is 38.3 Å². The van der Waals surface area contributed by atoms with Crippen LogP contribution < -0.4 is 5.69 Å². The Morgan fingerprint density at radius 3 is 2.67 bits per heavy atom. The summed E-state index contributed by atoms with van der Waals surface area (Å²) in [5.74, 6) is 0. The topological polar surface area (TPSA) is 82.9 Å². The van der Waals surface area contributed by atoms with Gasteiger partial charge in [0.15, 0.2) is 11.3 Å². The van der Waals surface area contributed by atoms with Crippen LogP contribution in [0.1, 0.15) is 5.56 Å². The van der Waals surface area contributed by atoms with Gasteiger partial charge in [-0.3, -0.25) is 9.88 Å². The molecule has 1 N–H and O–H groups in total. The van der Waals surface area contributed by atoms with E-state index in [4.69, 9.17) is 4.98 Å². The number of thiazole rings is 1. The first kappa shape index (κ1) is 20.2. The summed E-state index contributed by atoms with van der Waals surface area (Å²) < 4.78 is 2.64. The molecule has 0 aliphatic carbocycles. The van der Waals surface area contributed by atoms with Gasteiger partial charge in [-0.1, -0.05) is 24.3 Å². The van der Waals surface area contributed by atoms with Gasteiger partial charge < -0.3 is 4.90 Å². The lowest BCUT2D eigenvalue weighted by atomic mass is 10.1. The van der Waals surface area contributed by atoms with E-state index in [0.717, 1.165) is 59.9 Å². The molecule has 33 heavy (non-hydrogen) atoms. The number of likely N-dealkylation sites (N-methyl/N-ethyl adjacent to an activating group) is 1. The molecule has 0 saturated carbocycles. The lowest BCUT2D eigenvalue weighted by Crippen LogP contribution is -2.43. The highest BCUT2D eigenvalue weighted by molar-refractivity contribution is 7.16. The maximum atomic E-state index is 12.7. The third-order valence-electron chi connectivity index (χ3n) is 6.22. The van der Waals surface area contributed by atoms with Crippen molar-refractivity contribution in [3.63, 3.8) is 0 Å². The summed E-state index contributed by atoms with van der Waals surface area (Å²) in [5, 5.41) is 0. The first-order valence-electron chi connectivity index (χ1n) is 11.0. The van der Waals surface area contributed by atoms with Crippen molar-refractivity contribution in [3.8, 4) is 16.9 Å². The van der Waals surface area contributed by atoms with Crippen LogP contribution >= 0.6 is 11.3 Å². The van der Waals surface area contributed by atoms with Crippen LogP contribution in [0.2, 0.25) is 0 Å². The SMILES string of the molecule is CN1CCN(Cc2ccc(-c3cnc4[nH]c(=O)n(-c5ccc6scnc6c5)c4n3)cc2)CC1. The van der Waals surface area contributed by atoms with Gasteiger partial charge in [0.25, 0.3) is 0 Å². The molecule has 166 valence electrons. The lowest BCUT2D eigenvalue weighted by molar-refractivity contribution is 0.148. The Morgan fingerprint density at radius 2 is 1.85 bits per heavy atom. The minimum absolute atomic E-state index is 0.265. The number of rotatable bonds is 4. The largest absolute Gasteiger partial charge is 0.333 e. The van der Waals surface area contributed by atoms with Crippen molar-refractivity contribution in [2.45, 2.75) is 6.54 Å². The summed E-state index contributed by atoms with van der Waals surface area (Å²) in [6.07, 6.45) is 1.71. The average molecular weight is 458 g/mol. The average Bonchev–Trinajstić information content (AvgIpc) is 3.43. The fourth-order valence-electron chi connectivity index (χ4n) is 4.29. The summed E-state index contributed by atoms with van der Waals surface area (Å²) in [6, 6.07) is 14.3. The molecule has 2 aromatic carbocycles. The van der Waals surface area contributed by atoms with Crippen molar-refractivity contribution in [1.29, 1.82) is 0 Å². The van der Waals surface area contributed by atoms with Crippen LogP contribution in [0, 0.1) is 0 Å². The van der Waals surface area contributed by atoms with Crippen LogP contribution in [-0.2, 0) is 6.54 Å². The number of H-pyrrole nitrogens is 1. The van der Waals surface area contributed by atoms with Crippen LogP contribution in [0.25, 0.3) is 38.5 Å². The number of aromatic nitrogens is 5. The molecule has 1 aliphatic heterocycles. The van der Waals surface area contributed by atoms with Crippen LogP contribution in [0.15, 0.2) is 59.0 Å². The predicted molar refractivity (Wildman–Crippen MR) is 131 cm³/mol. The zero-order chi connectivity index (χ0) is 22.4. The Morgan fingerprint density at radius 1 is 1.03 bits per heavy atom. The fourth-order valence-corrected chi connectivity index (χ4v) is 4.94. The summed E-state index contributed by atoms with van der Waals surface area (Å²) in [4.78, 5) is 34.0. The maximum Gasteiger partial charge on any atom is 0.333 e. The number of nitrogens with one attached hydrogen (secondary N) is 1. The van der Waals surface area contributed by atoms with Crippen molar-refractivity contribution < 1.29 is 0 Å². The Kier molecular flexibility index (Phi) is 5.01. The maximum absolute atomic E-state index is 12.7. The van der Waals surface area contributed by atoms with Gasteiger partial charge in [0.1, 0.15) is 0 Å². The Bertz CT molecular complexity index is 1490. The summed E-state index contributed by atoms with van der Waals surface area (Å²) in [5.41, 5.74) is 7.09. The van der Waals surface area contributed by atoms with Gasteiger partial charge >= 0.3 is 5.69 Å². The fraction of sp³-hybridized carbons (Fsp3) is 0.250. The van der Waals surface area contributed by atoms with E-state index >= 15 is 0 Å². The molecule has 5 aromatic rings. The number of hydrogen-bond donors (Lipinski definition) is 1. The van der Waals surface area contributed by atoms with Crippen molar-refractivity contribution in [1.82, 2.24) is 34.3 Å². The molecule has 4 heterocycles. The second kappa shape index (κ2) is 8.18. The monoisotopic (exact) mass is 457 g/mol. The third-order valence-corrected chi connectivity index (χ3v) is 7.03. The summed E-state index contributed by atoms with van der Waals surface area (Å²) in [6.45, 7) is 5.37. The van der Waals surface area contributed by atoms with E-state index < -0.39 is 0 Å². The van der Waals surface area contributed by atoms with Crippen LogP contribution in [0.5, 0.6) is 0 Å². The van der Waals surface area contributed by atoms with Crippen molar-refractivity contribution in [2.24, 2.45) is 0 Å². The highest BCUT2D eigenvalue weighted by Gasteiger charge is 2.15. The highest BCUT2D eigenvalue weighted by atomic mass is 32.1. The number of benzene rings is 2. The van der Waals surface area contributed by atoms with E-state index in [0.29, 0.717) is 11.3 Å². The van der Waals surface area contributed by atoms with Crippen molar-refractivity contribution in [3.05, 3.63) is 70.2 Å². The van der Waals surface area contributed by atoms with E-state index in [-0.39, 0.29) is 5.69 Å². The number of nitrogens with zero attached hydrogens (tertiary/aromatic N) is 6. The number of hydrogen-bond acceptors (Lipinski definition) is 7. The van der Waals surface area contributed by atoms with E-state index in [1.165, 1.54) is 5.56 Å². The molecule has 3 aromatic heterocycles. The van der Waals surface area contributed by atoms with Gasteiger partial charge in [-0.05, 0) is 30.8 Å². The molecule has 0 unspecified atom stereocenters. The molecule has 0 bridgehead atoms. The van der Waals surface area contributed by atoms with Crippen molar-refractivity contribution in [2.75, 3.05) is 33.2 Å². The quantitative estimate of drug-likeness (QED) is 0.447. The molecular formula is C24H23N7OS. The van der Waals surface area contributed by atoms with Gasteiger partial charge in [-0.15, -0.1) is 11.3 Å². The van der Waals surface area contributed by atoms with Crippen molar-refractivity contribution >= 4 is 32.8 Å². The van der Waals surface area contributed by atoms with Crippen LogP contribution in [0.3, 0.4) is 0 Å². The number of piperazine rings is 1. The lowest BCUT2D eigenvalue weighted by Gasteiger charge is -2.32. The Labute approximate surface area is 194 Å². The molecule has 1 aliphatic rings. The third kappa shape index (κ3) is 3.84. The zero-order valence-corrected chi connectivity index (χ0v) is 19.0. The second-order valence-corrected chi connectivity index (χ2v) is 9.36. The van der Waals surface area contributed by atoms with Crippen LogP contribution in [0.4, 0.5) is 0 Å². The van der Waals surface area contributed by atoms with Crippen LogP contribution in [-0.4, -0.2) is 67.5 Å². The first-order chi connectivity index (χ1) is 16.1. The summed E-state index contributed by atoms with van der Waals surface area (Å²) >= 11 is 1.57. The highest BCUT2D eigenvalue weighted by Crippen LogP contribution is 2.24. The first-order valence-corrected chi connectivity index (χ1v) is 11.8. The molecule has 0 amide bonds. The molecule has 0 spiro atoms. The van der Waals surface area contributed by atoms with Gasteiger partial charge in [-0.2, -0.15) is 0 Å². The molecule has 1 fully saturated rings. The molecule has 0 radical (unpaired) electrons. The normalized spacial score (nSPS) is 15.5.